The van der Waals surface area contributed by atoms with E-state index in [1.54, 1.807) is 0 Å². The maximum absolute atomic E-state index is 11.6. The van der Waals surface area contributed by atoms with Gasteiger partial charge in [0.2, 0.25) is 5.91 Å². The highest BCUT2D eigenvalue weighted by atomic mass is 16.7. The SMILES string of the molecule is COC(=O)[C@]1(O)C[C@H](O)[C@H](NC(C)=O)[C@H]([C@@H](O)[C@H](O)CO)O1. The minimum absolute atomic E-state index is 0.563. The standard InChI is InChI=1S/C12H21NO9/c1-5(15)13-8-6(16)3-12(20,11(19)21-2)22-10(8)9(18)7(17)4-14/h6-10,14,16-18,20H,3-4H2,1-2H3,(H,13,15)/t6-,7+,8-,9-,10+,12-/m0/s1. The third-order valence-corrected chi connectivity index (χ3v) is 3.38. The zero-order valence-electron chi connectivity index (χ0n) is 12.2. The summed E-state index contributed by atoms with van der Waals surface area (Å²) >= 11 is 0. The second-order valence-corrected chi connectivity index (χ2v) is 5.10. The topological polar surface area (TPSA) is 166 Å². The Kier molecular flexibility index (Phi) is 6.23. The van der Waals surface area contributed by atoms with E-state index in [0.29, 0.717) is 0 Å². The van der Waals surface area contributed by atoms with Crippen LogP contribution in [-0.2, 0) is 19.1 Å². The Hall–Kier alpha value is -1.30. The highest BCUT2D eigenvalue weighted by molar-refractivity contribution is 5.78. The maximum Gasteiger partial charge on any atom is 0.366 e. The van der Waals surface area contributed by atoms with E-state index in [-0.39, 0.29) is 0 Å². The molecule has 1 amide bonds. The van der Waals surface area contributed by atoms with E-state index in [4.69, 9.17) is 9.84 Å². The van der Waals surface area contributed by atoms with Crippen molar-refractivity contribution >= 4 is 11.9 Å². The molecule has 10 heteroatoms. The molecule has 128 valence electrons. The summed E-state index contributed by atoms with van der Waals surface area (Å²) in [6.07, 6.45) is -7.09. The van der Waals surface area contributed by atoms with Gasteiger partial charge < -0.3 is 40.3 Å². The molecule has 1 saturated heterocycles. The van der Waals surface area contributed by atoms with E-state index in [1.165, 1.54) is 0 Å². The van der Waals surface area contributed by atoms with Gasteiger partial charge in [0.25, 0.3) is 5.79 Å². The zero-order chi connectivity index (χ0) is 17.1. The predicted molar refractivity (Wildman–Crippen MR) is 69.2 cm³/mol. The van der Waals surface area contributed by atoms with Crippen LogP contribution in [0.3, 0.4) is 0 Å². The van der Waals surface area contributed by atoms with Gasteiger partial charge in [-0.3, -0.25) is 4.79 Å². The van der Waals surface area contributed by atoms with E-state index in [2.05, 4.69) is 10.1 Å². The molecule has 0 spiro atoms. The lowest BCUT2D eigenvalue weighted by Gasteiger charge is -2.45. The van der Waals surface area contributed by atoms with Gasteiger partial charge in [0, 0.05) is 13.3 Å². The summed E-state index contributed by atoms with van der Waals surface area (Å²) in [5.41, 5.74) is 0. The van der Waals surface area contributed by atoms with Crippen molar-refractivity contribution in [2.45, 2.75) is 49.6 Å². The molecule has 0 saturated carbocycles. The molecule has 22 heavy (non-hydrogen) atoms. The minimum atomic E-state index is -2.55. The molecule has 0 radical (unpaired) electrons. The first-order chi connectivity index (χ1) is 10.2. The van der Waals surface area contributed by atoms with Crippen LogP contribution in [0.2, 0.25) is 0 Å². The van der Waals surface area contributed by atoms with Gasteiger partial charge in [-0.1, -0.05) is 0 Å². The first-order valence-corrected chi connectivity index (χ1v) is 6.57. The largest absolute Gasteiger partial charge is 0.465 e. The molecule has 0 unspecified atom stereocenters. The average Bonchev–Trinajstić information content (AvgIpc) is 2.46. The third kappa shape index (κ3) is 3.91. The van der Waals surface area contributed by atoms with Gasteiger partial charge in [-0.05, 0) is 0 Å². The van der Waals surface area contributed by atoms with Crippen LogP contribution in [0, 0.1) is 0 Å². The van der Waals surface area contributed by atoms with Gasteiger partial charge in [-0.25, -0.2) is 4.79 Å². The molecular formula is C12H21NO9. The summed E-state index contributed by atoms with van der Waals surface area (Å²) in [5, 5.41) is 50.8. The highest BCUT2D eigenvalue weighted by Gasteiger charge is 2.54. The van der Waals surface area contributed by atoms with Crippen LogP contribution in [0.15, 0.2) is 0 Å². The number of esters is 1. The van der Waals surface area contributed by atoms with Crippen LogP contribution in [0.5, 0.6) is 0 Å². The van der Waals surface area contributed by atoms with Crippen LogP contribution in [0.1, 0.15) is 13.3 Å². The first-order valence-electron chi connectivity index (χ1n) is 6.57. The van der Waals surface area contributed by atoms with Crippen molar-refractivity contribution in [3.05, 3.63) is 0 Å². The molecule has 6 atom stereocenters. The number of methoxy groups -OCH3 is 1. The van der Waals surface area contributed by atoms with Crippen LogP contribution >= 0.6 is 0 Å². The Morgan fingerprint density at radius 1 is 1.45 bits per heavy atom. The van der Waals surface area contributed by atoms with Crippen molar-refractivity contribution < 1.29 is 44.6 Å². The molecule has 6 N–H and O–H groups in total. The molecule has 1 fully saturated rings. The fourth-order valence-electron chi connectivity index (χ4n) is 2.29. The third-order valence-electron chi connectivity index (χ3n) is 3.38. The van der Waals surface area contributed by atoms with Crippen LogP contribution < -0.4 is 5.32 Å². The molecule has 1 rings (SSSR count). The number of nitrogens with one attached hydrogen (secondary N) is 1. The van der Waals surface area contributed by atoms with Crippen molar-refractivity contribution in [1.82, 2.24) is 5.32 Å². The number of rotatable bonds is 5. The van der Waals surface area contributed by atoms with E-state index in [0.717, 1.165) is 14.0 Å². The second kappa shape index (κ2) is 7.31. The molecule has 1 heterocycles. The second-order valence-electron chi connectivity index (χ2n) is 5.10. The summed E-state index contributed by atoms with van der Waals surface area (Å²) in [4.78, 5) is 22.8. The summed E-state index contributed by atoms with van der Waals surface area (Å²) in [6.45, 7) is 0.320. The summed E-state index contributed by atoms with van der Waals surface area (Å²) in [7, 11) is 0.990. The minimum Gasteiger partial charge on any atom is -0.465 e. The molecule has 10 nitrogen and oxygen atoms in total. The van der Waals surface area contributed by atoms with Crippen LogP contribution in [-0.4, -0.2) is 87.4 Å². The summed E-state index contributed by atoms with van der Waals surface area (Å²) in [6, 6.07) is -1.21. The number of aliphatic hydroxyl groups is 5. The van der Waals surface area contributed by atoms with Gasteiger partial charge in [-0.2, -0.15) is 0 Å². The lowest BCUT2D eigenvalue weighted by Crippen LogP contribution is -2.67. The van der Waals surface area contributed by atoms with E-state index in [1.807, 2.05) is 0 Å². The zero-order valence-corrected chi connectivity index (χ0v) is 12.2. The molecule has 0 aromatic heterocycles. The Bertz CT molecular complexity index is 417. The Labute approximate surface area is 126 Å². The number of ether oxygens (including phenoxy) is 2. The number of aliphatic hydroxyl groups excluding tert-OH is 4. The van der Waals surface area contributed by atoms with Gasteiger partial charge >= 0.3 is 5.97 Å². The number of amides is 1. The molecule has 0 aromatic carbocycles. The quantitative estimate of drug-likeness (QED) is 0.278. The van der Waals surface area contributed by atoms with Crippen molar-refractivity contribution in [1.29, 1.82) is 0 Å². The summed E-state index contributed by atoms with van der Waals surface area (Å²) < 4.78 is 9.45. The van der Waals surface area contributed by atoms with E-state index >= 15 is 0 Å². The van der Waals surface area contributed by atoms with Crippen molar-refractivity contribution in [2.24, 2.45) is 0 Å². The first kappa shape index (κ1) is 18.7. The highest BCUT2D eigenvalue weighted by Crippen LogP contribution is 2.31. The van der Waals surface area contributed by atoms with Crippen LogP contribution in [0.25, 0.3) is 0 Å². The molecule has 0 aliphatic carbocycles. The molecular weight excluding hydrogens is 302 g/mol. The fourth-order valence-corrected chi connectivity index (χ4v) is 2.29. The monoisotopic (exact) mass is 323 g/mol. The number of hydrogen-bond donors (Lipinski definition) is 6. The van der Waals surface area contributed by atoms with Crippen molar-refractivity contribution in [2.75, 3.05) is 13.7 Å². The fraction of sp³-hybridized carbons (Fsp3) is 0.833. The Morgan fingerprint density at radius 2 is 2.05 bits per heavy atom. The van der Waals surface area contributed by atoms with E-state index < -0.39 is 61.1 Å². The smallest absolute Gasteiger partial charge is 0.366 e. The normalized spacial score (nSPS) is 34.6. The molecule has 0 bridgehead atoms. The number of carbonyl (C=O) groups is 2. The average molecular weight is 323 g/mol. The summed E-state index contributed by atoms with van der Waals surface area (Å²) in [5.74, 6) is -4.32. The molecule has 0 aromatic rings. The van der Waals surface area contributed by atoms with Gasteiger partial charge in [-0.15, -0.1) is 0 Å². The lowest BCUT2D eigenvalue weighted by molar-refractivity contribution is -0.296. The predicted octanol–water partition coefficient (Wildman–Crippen LogP) is -3.78. The van der Waals surface area contributed by atoms with Crippen molar-refractivity contribution in [3.63, 3.8) is 0 Å². The maximum atomic E-state index is 11.6. The van der Waals surface area contributed by atoms with Gasteiger partial charge in [0.1, 0.15) is 18.3 Å². The Morgan fingerprint density at radius 3 is 2.50 bits per heavy atom. The van der Waals surface area contributed by atoms with Crippen molar-refractivity contribution in [3.8, 4) is 0 Å². The number of hydrogen-bond acceptors (Lipinski definition) is 9. The van der Waals surface area contributed by atoms with Crippen LogP contribution in [0.4, 0.5) is 0 Å². The Balaban J connectivity index is 3.09. The number of carbonyl (C=O) groups excluding carboxylic acids is 2. The van der Waals surface area contributed by atoms with E-state index in [9.17, 15) is 30.0 Å². The van der Waals surface area contributed by atoms with Gasteiger partial charge in [0.05, 0.1) is 25.9 Å². The van der Waals surface area contributed by atoms with Gasteiger partial charge in [0.15, 0.2) is 0 Å². The lowest BCUT2D eigenvalue weighted by atomic mass is 9.88. The molecule has 1 aliphatic rings. The molecule has 1 aliphatic heterocycles.